The van der Waals surface area contributed by atoms with E-state index < -0.39 is 0 Å². The monoisotopic (exact) mass is 598 g/mol. The summed E-state index contributed by atoms with van der Waals surface area (Å²) in [5, 5.41) is 4.52. The summed E-state index contributed by atoms with van der Waals surface area (Å²) in [4.78, 5) is 33.7. The van der Waals surface area contributed by atoms with Crippen molar-refractivity contribution in [2.24, 2.45) is 5.92 Å². The van der Waals surface area contributed by atoms with E-state index in [1.165, 1.54) is 10.9 Å². The maximum Gasteiger partial charge on any atom is 0.260 e. The number of nitrogens with zero attached hydrogens (tertiary/aromatic N) is 2. The summed E-state index contributed by atoms with van der Waals surface area (Å²) in [6.07, 6.45) is 3.70. The third-order valence-electron chi connectivity index (χ3n) is 8.03. The quantitative estimate of drug-likeness (QED) is 0.235. The van der Waals surface area contributed by atoms with Crippen molar-refractivity contribution in [2.45, 2.75) is 19.4 Å². The molecule has 0 bridgehead atoms. The van der Waals surface area contributed by atoms with Gasteiger partial charge in [-0.05, 0) is 74.3 Å². The molecule has 2 amide bonds. The van der Waals surface area contributed by atoms with E-state index in [0.717, 1.165) is 36.2 Å². The van der Waals surface area contributed by atoms with Gasteiger partial charge < -0.3 is 34.3 Å². The van der Waals surface area contributed by atoms with Crippen molar-refractivity contribution < 1.29 is 23.8 Å². The molecule has 0 aliphatic carbocycles. The van der Waals surface area contributed by atoms with Crippen molar-refractivity contribution in [3.63, 3.8) is 0 Å². The fourth-order valence-corrected chi connectivity index (χ4v) is 5.77. The third-order valence-corrected chi connectivity index (χ3v) is 8.03. The van der Waals surface area contributed by atoms with Crippen LogP contribution in [0.15, 0.2) is 79.0 Å². The topological polar surface area (TPSA) is 96.1 Å². The molecule has 2 heterocycles. The summed E-state index contributed by atoms with van der Waals surface area (Å²) >= 11 is 0. The van der Waals surface area contributed by atoms with Crippen LogP contribution in [0.5, 0.6) is 11.5 Å². The fourth-order valence-electron chi connectivity index (χ4n) is 5.77. The van der Waals surface area contributed by atoms with E-state index in [9.17, 15) is 9.59 Å². The smallest absolute Gasteiger partial charge is 0.260 e. The molecule has 1 atom stereocenters. The predicted molar refractivity (Wildman–Crippen MR) is 171 cm³/mol. The van der Waals surface area contributed by atoms with Crippen molar-refractivity contribution in [2.75, 3.05) is 60.2 Å². The molecule has 0 radical (unpaired) electrons. The first-order valence-electron chi connectivity index (χ1n) is 15.2. The first kappa shape index (κ1) is 31.1. The molecule has 1 saturated heterocycles. The van der Waals surface area contributed by atoms with Crippen LogP contribution in [0.1, 0.15) is 27.9 Å². The number of aromatic nitrogens is 1. The van der Waals surface area contributed by atoms with Crippen molar-refractivity contribution in [3.05, 3.63) is 95.7 Å². The van der Waals surface area contributed by atoms with Gasteiger partial charge in [-0.15, -0.1) is 0 Å². The number of para-hydroxylation sites is 2. The van der Waals surface area contributed by atoms with Gasteiger partial charge in [0.05, 0.1) is 13.7 Å². The van der Waals surface area contributed by atoms with Crippen LogP contribution < -0.4 is 14.8 Å². The number of benzene rings is 3. The second-order valence-corrected chi connectivity index (χ2v) is 11.1. The summed E-state index contributed by atoms with van der Waals surface area (Å²) in [6.45, 7) is 4.06. The number of H-pyrrole nitrogens is 1. The standard InChI is InChI=1S/C35H42N4O5/c1-36-21-26(20-29-22-37-32-10-5-4-9-31(29)32)23-39(24-28-8-3-6-11-33(28)42-2)34(40)25-44-30-14-12-27(13-15-30)35(41)38-16-7-18-43-19-17-38/h3-6,8-15,22,26,36-37H,7,16-21,23-25H2,1-2H3. The minimum Gasteiger partial charge on any atom is -0.496 e. The van der Waals surface area contributed by atoms with Gasteiger partial charge in [-0.3, -0.25) is 9.59 Å². The Morgan fingerprint density at radius 1 is 1.00 bits per heavy atom. The highest BCUT2D eigenvalue weighted by Gasteiger charge is 2.23. The van der Waals surface area contributed by atoms with Crippen molar-refractivity contribution in [1.82, 2.24) is 20.1 Å². The van der Waals surface area contributed by atoms with Crippen LogP contribution in [0.4, 0.5) is 0 Å². The number of aromatic amines is 1. The van der Waals surface area contributed by atoms with E-state index in [1.54, 1.807) is 31.4 Å². The van der Waals surface area contributed by atoms with Crippen molar-refractivity contribution >= 4 is 22.7 Å². The zero-order valence-electron chi connectivity index (χ0n) is 25.6. The van der Waals surface area contributed by atoms with Crippen LogP contribution in [0, 0.1) is 5.92 Å². The highest BCUT2D eigenvalue weighted by atomic mass is 16.5. The third kappa shape index (κ3) is 7.98. The van der Waals surface area contributed by atoms with Gasteiger partial charge in [0.2, 0.25) is 0 Å². The lowest BCUT2D eigenvalue weighted by Crippen LogP contribution is -2.41. The molecule has 1 aliphatic rings. The van der Waals surface area contributed by atoms with E-state index in [1.807, 2.05) is 53.2 Å². The number of amides is 2. The lowest BCUT2D eigenvalue weighted by molar-refractivity contribution is -0.134. The minimum atomic E-state index is -0.124. The van der Waals surface area contributed by atoms with Crippen LogP contribution in [0.25, 0.3) is 10.9 Å². The SMILES string of the molecule is CNCC(Cc1c[nH]c2ccccc12)CN(Cc1ccccc1OC)C(=O)COc1ccc(C(=O)N2CCCOCC2)cc1. The van der Waals surface area contributed by atoms with Crippen LogP contribution in [0.3, 0.4) is 0 Å². The zero-order chi connectivity index (χ0) is 30.7. The van der Waals surface area contributed by atoms with Gasteiger partial charge in [0.15, 0.2) is 6.61 Å². The molecule has 1 fully saturated rings. The summed E-state index contributed by atoms with van der Waals surface area (Å²) in [6, 6.07) is 23.1. The average molecular weight is 599 g/mol. The molecule has 1 aromatic heterocycles. The number of hydrogen-bond donors (Lipinski definition) is 2. The Labute approximate surface area is 259 Å². The van der Waals surface area contributed by atoms with E-state index in [2.05, 4.69) is 28.6 Å². The number of fused-ring (bicyclic) bond motifs is 1. The molecule has 232 valence electrons. The Hall–Kier alpha value is -4.34. The molecular formula is C35H42N4O5. The van der Waals surface area contributed by atoms with Crippen LogP contribution >= 0.6 is 0 Å². The van der Waals surface area contributed by atoms with Crippen LogP contribution in [-0.2, 0) is 22.5 Å². The van der Waals surface area contributed by atoms with E-state index in [-0.39, 0.29) is 24.3 Å². The van der Waals surface area contributed by atoms with Gasteiger partial charge >= 0.3 is 0 Å². The second kappa shape index (κ2) is 15.4. The summed E-state index contributed by atoms with van der Waals surface area (Å²) in [5.41, 5.74) is 3.86. The Bertz CT molecular complexity index is 1510. The molecule has 1 aliphatic heterocycles. The van der Waals surface area contributed by atoms with Crippen molar-refractivity contribution in [3.8, 4) is 11.5 Å². The molecule has 9 heteroatoms. The Morgan fingerprint density at radius 2 is 1.80 bits per heavy atom. The van der Waals surface area contributed by atoms with Gasteiger partial charge in [0.25, 0.3) is 11.8 Å². The lowest BCUT2D eigenvalue weighted by atomic mass is 9.97. The fraction of sp³-hybridized carbons (Fsp3) is 0.371. The molecule has 0 saturated carbocycles. The van der Waals surface area contributed by atoms with E-state index >= 15 is 0 Å². The number of nitrogens with one attached hydrogen (secondary N) is 2. The van der Waals surface area contributed by atoms with Crippen LogP contribution in [-0.4, -0.2) is 86.8 Å². The maximum atomic E-state index is 13.8. The van der Waals surface area contributed by atoms with Crippen molar-refractivity contribution in [1.29, 1.82) is 0 Å². The molecule has 2 N–H and O–H groups in total. The number of carbonyl (C=O) groups is 2. The number of ether oxygens (including phenoxy) is 3. The largest absolute Gasteiger partial charge is 0.496 e. The summed E-state index contributed by atoms with van der Waals surface area (Å²) in [7, 11) is 3.58. The first-order valence-corrected chi connectivity index (χ1v) is 15.2. The molecule has 5 rings (SSSR count). The normalized spacial score (nSPS) is 14.2. The molecular weight excluding hydrogens is 556 g/mol. The molecule has 9 nitrogen and oxygen atoms in total. The number of carbonyl (C=O) groups excluding carboxylic acids is 2. The minimum absolute atomic E-state index is 0.0214. The lowest BCUT2D eigenvalue weighted by Gasteiger charge is -2.28. The first-order chi connectivity index (χ1) is 21.6. The highest BCUT2D eigenvalue weighted by molar-refractivity contribution is 5.94. The van der Waals surface area contributed by atoms with Gasteiger partial charge in [0.1, 0.15) is 11.5 Å². The molecule has 44 heavy (non-hydrogen) atoms. The van der Waals surface area contributed by atoms with Gasteiger partial charge in [-0.1, -0.05) is 36.4 Å². The zero-order valence-corrected chi connectivity index (χ0v) is 25.6. The summed E-state index contributed by atoms with van der Waals surface area (Å²) in [5.74, 6) is 1.29. The van der Waals surface area contributed by atoms with Crippen LogP contribution in [0.2, 0.25) is 0 Å². The molecule has 1 unspecified atom stereocenters. The maximum absolute atomic E-state index is 13.8. The summed E-state index contributed by atoms with van der Waals surface area (Å²) < 4.78 is 17.0. The Kier molecular flexibility index (Phi) is 10.9. The van der Waals surface area contributed by atoms with E-state index in [0.29, 0.717) is 50.7 Å². The van der Waals surface area contributed by atoms with Gasteiger partial charge in [-0.25, -0.2) is 0 Å². The molecule has 0 spiro atoms. The number of methoxy groups -OCH3 is 1. The molecule has 3 aromatic carbocycles. The van der Waals surface area contributed by atoms with Gasteiger partial charge in [0, 0.05) is 61.0 Å². The Balaban J connectivity index is 1.28. The predicted octanol–water partition coefficient (Wildman–Crippen LogP) is 4.52. The van der Waals surface area contributed by atoms with E-state index in [4.69, 9.17) is 14.2 Å². The average Bonchev–Trinajstić information content (AvgIpc) is 3.26. The second-order valence-electron chi connectivity index (χ2n) is 11.1. The highest BCUT2D eigenvalue weighted by Crippen LogP contribution is 2.24. The number of rotatable bonds is 13. The Morgan fingerprint density at radius 3 is 2.61 bits per heavy atom. The van der Waals surface area contributed by atoms with Gasteiger partial charge in [-0.2, -0.15) is 0 Å². The molecule has 4 aromatic rings. The number of hydrogen-bond acceptors (Lipinski definition) is 6.